The Morgan fingerprint density at radius 1 is 1.30 bits per heavy atom. The van der Waals surface area contributed by atoms with E-state index in [1.165, 1.54) is 24.7 Å². The Balaban J connectivity index is 0.000000147. The van der Waals surface area contributed by atoms with Crippen molar-refractivity contribution in [3.8, 4) is 0 Å². The molecular weight excluding hydrogens is 274 g/mol. The minimum atomic E-state index is 0.530. The Morgan fingerprint density at radius 3 is 2.70 bits per heavy atom. The van der Waals surface area contributed by atoms with Gasteiger partial charge in [-0.1, -0.05) is 23.7 Å². The van der Waals surface area contributed by atoms with Gasteiger partial charge in [0.05, 0.1) is 0 Å². The second-order valence-corrected chi connectivity index (χ2v) is 5.07. The van der Waals surface area contributed by atoms with Gasteiger partial charge in [0.25, 0.3) is 0 Å². The number of aryl methyl sites for hydroxylation is 1. The molecule has 1 saturated carbocycles. The maximum absolute atomic E-state index is 9.91. The molecule has 0 bridgehead atoms. The van der Waals surface area contributed by atoms with Gasteiger partial charge in [-0.05, 0) is 43.4 Å². The number of amides is 1. The monoisotopic (exact) mass is 289 g/mol. The lowest BCUT2D eigenvalue weighted by molar-refractivity contribution is -0.105. The third-order valence-corrected chi connectivity index (χ3v) is 3.14. The number of benzene rings is 1. The van der Waals surface area contributed by atoms with Gasteiger partial charge in [-0.15, -0.1) is 0 Å². The van der Waals surface area contributed by atoms with Crippen molar-refractivity contribution in [2.24, 2.45) is 0 Å². The van der Waals surface area contributed by atoms with Crippen molar-refractivity contribution in [3.05, 3.63) is 52.9 Å². The Kier molecular flexibility index (Phi) is 5.07. The van der Waals surface area contributed by atoms with Crippen LogP contribution < -0.4 is 5.32 Å². The van der Waals surface area contributed by atoms with Crippen molar-refractivity contribution in [3.63, 3.8) is 0 Å². The van der Waals surface area contributed by atoms with E-state index in [1.807, 2.05) is 19.1 Å². The fraction of sp³-hybridized carbons (Fsp3) is 0.267. The standard InChI is InChI=1S/C9H9Cl.C6H7N3O/c10-9-3-1-2-8(6-9)7-4-5-7;1-5-2-6(9-4-10)8-3-7-5/h1-3,6-7H,4-5H2;2-4H,1H3,(H,7,8,9,10). The van der Waals surface area contributed by atoms with Crippen molar-refractivity contribution >= 4 is 23.8 Å². The van der Waals surface area contributed by atoms with Crippen molar-refractivity contribution in [1.82, 2.24) is 9.97 Å². The number of aromatic nitrogens is 2. The number of anilines is 1. The van der Waals surface area contributed by atoms with Gasteiger partial charge in [0.2, 0.25) is 6.41 Å². The largest absolute Gasteiger partial charge is 0.313 e. The number of halogens is 1. The normalized spacial score (nSPS) is 13.1. The van der Waals surface area contributed by atoms with Crippen LogP contribution >= 0.6 is 11.6 Å². The maximum Gasteiger partial charge on any atom is 0.212 e. The summed E-state index contributed by atoms with van der Waals surface area (Å²) in [7, 11) is 0. The van der Waals surface area contributed by atoms with Crippen molar-refractivity contribution in [2.75, 3.05) is 5.32 Å². The summed E-state index contributed by atoms with van der Waals surface area (Å²) in [6.45, 7) is 1.83. The van der Waals surface area contributed by atoms with E-state index in [4.69, 9.17) is 11.6 Å². The molecule has 0 saturated heterocycles. The molecule has 1 aliphatic rings. The zero-order chi connectivity index (χ0) is 14.4. The Hall–Kier alpha value is -1.94. The van der Waals surface area contributed by atoms with Gasteiger partial charge in [0, 0.05) is 16.8 Å². The molecule has 1 amide bonds. The zero-order valence-electron chi connectivity index (χ0n) is 11.2. The SMILES string of the molecule is Cc1cc(NC=O)ncn1.Clc1cccc(C2CC2)c1. The van der Waals surface area contributed by atoms with Crippen LogP contribution in [-0.2, 0) is 4.79 Å². The predicted octanol–water partition coefficient (Wildman–Crippen LogP) is 3.57. The Bertz CT molecular complexity index is 585. The number of rotatable bonds is 3. The quantitative estimate of drug-likeness (QED) is 0.879. The van der Waals surface area contributed by atoms with E-state index in [9.17, 15) is 4.79 Å². The van der Waals surface area contributed by atoms with Crippen molar-refractivity contribution in [1.29, 1.82) is 0 Å². The number of hydrogen-bond acceptors (Lipinski definition) is 3. The van der Waals surface area contributed by atoms with Gasteiger partial charge in [0.15, 0.2) is 0 Å². The van der Waals surface area contributed by atoms with E-state index in [-0.39, 0.29) is 0 Å². The molecule has 3 rings (SSSR count). The van der Waals surface area contributed by atoms with E-state index in [1.54, 1.807) is 6.07 Å². The molecule has 104 valence electrons. The lowest BCUT2D eigenvalue weighted by atomic mass is 10.1. The first-order valence-corrected chi connectivity index (χ1v) is 6.81. The van der Waals surface area contributed by atoms with Crippen LogP contribution in [0.2, 0.25) is 5.02 Å². The lowest BCUT2D eigenvalue weighted by Crippen LogP contribution is -1.97. The maximum atomic E-state index is 9.91. The zero-order valence-corrected chi connectivity index (χ0v) is 12.0. The molecule has 1 aromatic carbocycles. The molecule has 0 unspecified atom stereocenters. The number of carbonyl (C=O) groups excluding carboxylic acids is 1. The highest BCUT2D eigenvalue weighted by atomic mass is 35.5. The minimum absolute atomic E-state index is 0.530. The molecular formula is C15H16ClN3O. The molecule has 0 radical (unpaired) electrons. The second kappa shape index (κ2) is 7.01. The lowest BCUT2D eigenvalue weighted by Gasteiger charge is -1.95. The Morgan fingerprint density at radius 2 is 2.10 bits per heavy atom. The van der Waals surface area contributed by atoms with Gasteiger partial charge in [-0.3, -0.25) is 4.79 Å². The first-order chi connectivity index (χ1) is 9.69. The number of nitrogens with zero attached hydrogens (tertiary/aromatic N) is 2. The molecule has 1 N–H and O–H groups in total. The summed E-state index contributed by atoms with van der Waals surface area (Å²) >= 11 is 5.82. The predicted molar refractivity (Wildman–Crippen MR) is 79.9 cm³/mol. The van der Waals surface area contributed by atoms with Crippen LogP contribution in [0.1, 0.15) is 30.0 Å². The van der Waals surface area contributed by atoms with E-state index in [2.05, 4.69) is 27.4 Å². The van der Waals surface area contributed by atoms with E-state index >= 15 is 0 Å². The highest BCUT2D eigenvalue weighted by Gasteiger charge is 2.22. The van der Waals surface area contributed by atoms with Crippen molar-refractivity contribution < 1.29 is 4.79 Å². The molecule has 1 heterocycles. The molecule has 0 atom stereocenters. The molecule has 5 heteroatoms. The average Bonchev–Trinajstić information content (AvgIpc) is 3.24. The van der Waals surface area contributed by atoms with E-state index < -0.39 is 0 Å². The molecule has 1 aliphatic carbocycles. The van der Waals surface area contributed by atoms with Crippen LogP contribution in [0.25, 0.3) is 0 Å². The first-order valence-electron chi connectivity index (χ1n) is 6.43. The molecule has 2 aromatic rings. The third-order valence-electron chi connectivity index (χ3n) is 2.91. The second-order valence-electron chi connectivity index (χ2n) is 4.64. The van der Waals surface area contributed by atoms with Gasteiger partial charge in [0.1, 0.15) is 12.1 Å². The fourth-order valence-corrected chi connectivity index (χ4v) is 1.97. The van der Waals surface area contributed by atoms with Gasteiger partial charge >= 0.3 is 0 Å². The highest BCUT2D eigenvalue weighted by molar-refractivity contribution is 6.30. The molecule has 1 aromatic heterocycles. The Labute approximate surface area is 123 Å². The van der Waals surface area contributed by atoms with Crippen LogP contribution in [0.5, 0.6) is 0 Å². The number of carbonyl (C=O) groups is 1. The molecule has 4 nitrogen and oxygen atoms in total. The van der Waals surface area contributed by atoms with Crippen LogP contribution in [0, 0.1) is 6.92 Å². The number of hydrogen-bond donors (Lipinski definition) is 1. The summed E-state index contributed by atoms with van der Waals surface area (Å²) in [5.74, 6) is 1.35. The summed E-state index contributed by atoms with van der Waals surface area (Å²) in [5, 5.41) is 3.28. The molecule has 0 spiro atoms. The molecule has 1 fully saturated rings. The minimum Gasteiger partial charge on any atom is -0.313 e. The summed E-state index contributed by atoms with van der Waals surface area (Å²) in [6.07, 6.45) is 4.68. The van der Waals surface area contributed by atoms with Gasteiger partial charge in [-0.2, -0.15) is 0 Å². The molecule has 20 heavy (non-hydrogen) atoms. The smallest absolute Gasteiger partial charge is 0.212 e. The summed E-state index contributed by atoms with van der Waals surface area (Å²) in [6, 6.07) is 9.86. The van der Waals surface area contributed by atoms with Gasteiger partial charge < -0.3 is 5.32 Å². The number of nitrogens with one attached hydrogen (secondary N) is 1. The van der Waals surface area contributed by atoms with Gasteiger partial charge in [-0.25, -0.2) is 9.97 Å². The van der Waals surface area contributed by atoms with Crippen molar-refractivity contribution in [2.45, 2.75) is 25.7 Å². The van der Waals surface area contributed by atoms with E-state index in [0.717, 1.165) is 16.6 Å². The molecule has 0 aliphatic heterocycles. The van der Waals surface area contributed by atoms with Crippen LogP contribution in [0.4, 0.5) is 5.82 Å². The van der Waals surface area contributed by atoms with Crippen LogP contribution in [0.3, 0.4) is 0 Å². The topological polar surface area (TPSA) is 54.9 Å². The van der Waals surface area contributed by atoms with Crippen LogP contribution in [-0.4, -0.2) is 16.4 Å². The summed E-state index contributed by atoms with van der Waals surface area (Å²) in [4.78, 5) is 17.5. The highest BCUT2D eigenvalue weighted by Crippen LogP contribution is 2.40. The summed E-state index contributed by atoms with van der Waals surface area (Å²) in [5.41, 5.74) is 2.24. The average molecular weight is 290 g/mol. The fourth-order valence-electron chi connectivity index (χ4n) is 1.77. The first kappa shape index (κ1) is 14.5. The summed E-state index contributed by atoms with van der Waals surface area (Å²) < 4.78 is 0. The van der Waals surface area contributed by atoms with E-state index in [0.29, 0.717) is 12.2 Å². The third kappa shape index (κ3) is 4.63. The van der Waals surface area contributed by atoms with Crippen LogP contribution in [0.15, 0.2) is 36.7 Å².